The molecule has 0 saturated carbocycles. The zero-order chi connectivity index (χ0) is 44.7. The van der Waals surface area contributed by atoms with E-state index in [0.717, 1.165) is 17.1 Å². The molecule has 3 nitrogen and oxygen atoms in total. The SMILES string of the molecule is C[Si]1(c2ccccc2)c2cccc3c2B2c4c(cc(N(c5ccccc5)c5ccccc5)cc4N(c4ccc5c(c4)sc4ccccc45)c4cccc1c42)N3c1ccc2c(c1)sc1ccccc12. The molecule has 10 aromatic carbocycles. The molecule has 318 valence electrons. The van der Waals surface area contributed by atoms with E-state index in [4.69, 9.17) is 0 Å². The summed E-state index contributed by atoms with van der Waals surface area (Å²) in [6, 6.07) is 84.7. The lowest BCUT2D eigenvalue weighted by Crippen LogP contribution is -2.83. The zero-order valence-corrected chi connectivity index (χ0v) is 39.7. The maximum atomic E-state index is 2.63. The quantitative estimate of drug-likeness (QED) is 0.154. The lowest BCUT2D eigenvalue weighted by Gasteiger charge is -2.51. The van der Waals surface area contributed by atoms with Gasteiger partial charge in [0.05, 0.1) is 5.69 Å². The molecule has 0 amide bonds. The van der Waals surface area contributed by atoms with E-state index in [1.54, 1.807) is 0 Å². The van der Waals surface area contributed by atoms with Crippen LogP contribution < -0.4 is 46.6 Å². The Morgan fingerprint density at radius 2 is 0.809 bits per heavy atom. The normalized spacial score (nSPS) is 14.0. The molecule has 15 rings (SSSR count). The van der Waals surface area contributed by atoms with Crippen LogP contribution in [0.3, 0.4) is 0 Å². The Bertz CT molecular complexity index is 3800. The molecule has 0 saturated heterocycles. The second kappa shape index (κ2) is 14.4. The second-order valence-corrected chi connectivity index (χ2v) is 24.6. The fourth-order valence-electron chi connectivity index (χ4n) is 12.2. The highest BCUT2D eigenvalue weighted by molar-refractivity contribution is 7.26. The Labute approximate surface area is 404 Å². The van der Waals surface area contributed by atoms with Crippen molar-refractivity contribution in [2.24, 2.45) is 0 Å². The van der Waals surface area contributed by atoms with Crippen molar-refractivity contribution in [3.05, 3.63) is 224 Å². The molecule has 0 bridgehead atoms. The fourth-order valence-corrected chi connectivity index (χ4v) is 18.7. The van der Waals surface area contributed by atoms with Crippen molar-refractivity contribution in [1.29, 1.82) is 0 Å². The van der Waals surface area contributed by atoms with E-state index >= 15 is 0 Å². The predicted octanol–water partition coefficient (Wildman–Crippen LogP) is 13.4. The van der Waals surface area contributed by atoms with E-state index in [1.807, 2.05) is 22.7 Å². The van der Waals surface area contributed by atoms with Crippen LogP contribution in [-0.4, -0.2) is 14.8 Å². The summed E-state index contributed by atoms with van der Waals surface area (Å²) in [4.78, 5) is 7.69. The highest BCUT2D eigenvalue weighted by Crippen LogP contribution is 2.50. The molecule has 12 aromatic rings. The first-order valence-corrected chi connectivity index (χ1v) is 27.6. The van der Waals surface area contributed by atoms with Gasteiger partial charge in [-0.05, 0) is 107 Å². The monoisotopic (exact) mass is 917 g/mol. The number of hydrogen-bond acceptors (Lipinski definition) is 5. The third-order valence-corrected chi connectivity index (χ3v) is 21.9. The van der Waals surface area contributed by atoms with Gasteiger partial charge in [0.1, 0.15) is 8.07 Å². The zero-order valence-electron chi connectivity index (χ0n) is 37.1. The second-order valence-electron chi connectivity index (χ2n) is 18.5. The molecule has 3 aliphatic rings. The van der Waals surface area contributed by atoms with Gasteiger partial charge in [-0.25, -0.2) is 0 Å². The first kappa shape index (κ1) is 38.4. The molecule has 7 heteroatoms. The molecule has 5 heterocycles. The average Bonchev–Trinajstić information content (AvgIpc) is 3.96. The van der Waals surface area contributed by atoms with Gasteiger partial charge >= 0.3 is 0 Å². The molecule has 68 heavy (non-hydrogen) atoms. The summed E-state index contributed by atoms with van der Waals surface area (Å²) in [5, 5.41) is 9.68. The Morgan fingerprint density at radius 3 is 1.31 bits per heavy atom. The molecule has 3 aliphatic heterocycles. The number of nitrogens with zero attached hydrogens (tertiary/aromatic N) is 3. The van der Waals surface area contributed by atoms with Crippen LogP contribution in [0.1, 0.15) is 0 Å². The van der Waals surface area contributed by atoms with E-state index < -0.39 is 8.07 Å². The Kier molecular flexibility index (Phi) is 8.15. The Balaban J connectivity index is 1.09. The number of fused-ring (bicyclic) bond motifs is 6. The van der Waals surface area contributed by atoms with Crippen molar-refractivity contribution in [2.75, 3.05) is 14.7 Å². The van der Waals surface area contributed by atoms with Gasteiger partial charge in [-0.2, -0.15) is 0 Å². The molecule has 0 atom stereocenters. The minimum absolute atomic E-state index is 0.0336. The van der Waals surface area contributed by atoms with E-state index in [2.05, 4.69) is 246 Å². The van der Waals surface area contributed by atoms with Crippen LogP contribution in [-0.2, 0) is 0 Å². The van der Waals surface area contributed by atoms with Crippen LogP contribution in [0.2, 0.25) is 6.55 Å². The molecular formula is C61H40BN3S2Si. The molecular weight excluding hydrogens is 878 g/mol. The number of para-hydroxylation sites is 2. The average molecular weight is 918 g/mol. The summed E-state index contributed by atoms with van der Waals surface area (Å²) in [6.07, 6.45) is 0. The van der Waals surface area contributed by atoms with Crippen LogP contribution in [0.4, 0.5) is 51.2 Å². The van der Waals surface area contributed by atoms with E-state index in [0.29, 0.717) is 0 Å². The Morgan fingerprint density at radius 1 is 0.368 bits per heavy atom. The van der Waals surface area contributed by atoms with Crippen LogP contribution in [0.15, 0.2) is 224 Å². The Hall–Kier alpha value is -7.68. The third kappa shape index (κ3) is 5.29. The van der Waals surface area contributed by atoms with Gasteiger partial charge in [-0.1, -0.05) is 156 Å². The summed E-state index contributed by atoms with van der Waals surface area (Å²) in [5.74, 6) is 0. The fraction of sp³-hybridized carbons (Fsp3) is 0.0164. The molecule has 0 aliphatic carbocycles. The van der Waals surface area contributed by atoms with Gasteiger partial charge in [-0.3, -0.25) is 0 Å². The third-order valence-electron chi connectivity index (χ3n) is 15.1. The molecule has 0 fully saturated rings. The summed E-state index contributed by atoms with van der Waals surface area (Å²) in [5.41, 5.74) is 14.9. The minimum Gasteiger partial charge on any atom is -0.311 e. The van der Waals surface area contributed by atoms with Crippen molar-refractivity contribution in [1.82, 2.24) is 0 Å². The minimum atomic E-state index is -2.60. The molecule has 0 N–H and O–H groups in total. The van der Waals surface area contributed by atoms with Crippen molar-refractivity contribution >= 4 is 161 Å². The van der Waals surface area contributed by atoms with Crippen molar-refractivity contribution in [3.63, 3.8) is 0 Å². The summed E-state index contributed by atoms with van der Waals surface area (Å²) in [7, 11) is -2.60. The van der Waals surface area contributed by atoms with Gasteiger partial charge in [0.25, 0.3) is 6.71 Å². The number of hydrogen-bond donors (Lipinski definition) is 0. The largest absolute Gasteiger partial charge is 0.311 e. The van der Waals surface area contributed by atoms with E-state index in [-0.39, 0.29) is 6.71 Å². The lowest BCUT2D eigenvalue weighted by molar-refractivity contribution is 1.23. The van der Waals surface area contributed by atoms with Gasteiger partial charge in [0.2, 0.25) is 0 Å². The lowest BCUT2D eigenvalue weighted by atomic mass is 9.33. The van der Waals surface area contributed by atoms with Gasteiger partial charge in [0.15, 0.2) is 0 Å². The highest BCUT2D eigenvalue weighted by atomic mass is 32.1. The van der Waals surface area contributed by atoms with Crippen molar-refractivity contribution in [3.8, 4) is 0 Å². The number of anilines is 9. The maximum Gasteiger partial charge on any atom is 0.251 e. The molecule has 0 unspecified atom stereocenters. The molecule has 0 radical (unpaired) electrons. The predicted molar refractivity (Wildman–Crippen MR) is 298 cm³/mol. The van der Waals surface area contributed by atoms with E-state index in [1.165, 1.54) is 106 Å². The maximum absolute atomic E-state index is 2.63. The number of thiophene rings is 2. The van der Waals surface area contributed by atoms with Gasteiger partial charge in [0, 0.05) is 85.8 Å². The molecule has 0 spiro atoms. The van der Waals surface area contributed by atoms with Crippen LogP contribution in [0.25, 0.3) is 40.3 Å². The standard InChI is InChI=1S/C61H40BN3S2Si/c1-68(44-21-9-4-10-22-44)57-29-15-25-49-60(57)62-59-51(64(49)41-31-33-47-45-23-11-13-27-53(45)66-55(47)37-41)35-43(63(39-17-5-2-6-18-39)40-19-7-3-8-20-40)36-52(59)65(50-26-16-30-58(68)61(50)62)42-32-34-48-46-24-12-14-28-54(46)67-56(48)38-42/h2-38H,1H3. The van der Waals surface area contributed by atoms with Crippen LogP contribution >= 0.6 is 22.7 Å². The number of benzene rings is 10. The van der Waals surface area contributed by atoms with Gasteiger partial charge < -0.3 is 14.7 Å². The van der Waals surface area contributed by atoms with Crippen LogP contribution in [0.5, 0.6) is 0 Å². The van der Waals surface area contributed by atoms with Gasteiger partial charge in [-0.15, -0.1) is 22.7 Å². The van der Waals surface area contributed by atoms with E-state index in [9.17, 15) is 0 Å². The van der Waals surface area contributed by atoms with Crippen molar-refractivity contribution in [2.45, 2.75) is 6.55 Å². The topological polar surface area (TPSA) is 9.72 Å². The first-order valence-electron chi connectivity index (χ1n) is 23.5. The van der Waals surface area contributed by atoms with Crippen LogP contribution in [0, 0.1) is 0 Å². The summed E-state index contributed by atoms with van der Waals surface area (Å²) in [6.45, 7) is 2.64. The highest BCUT2D eigenvalue weighted by Gasteiger charge is 2.54. The molecule has 2 aromatic heterocycles. The first-order chi connectivity index (χ1) is 33.6. The summed E-state index contributed by atoms with van der Waals surface area (Å²) < 4.78 is 5.22. The summed E-state index contributed by atoms with van der Waals surface area (Å²) >= 11 is 3.78. The van der Waals surface area contributed by atoms with Crippen molar-refractivity contribution < 1.29 is 0 Å². The number of rotatable bonds is 6. The smallest absolute Gasteiger partial charge is 0.251 e.